The Morgan fingerprint density at radius 1 is 0.308 bits per heavy atom. The quantitative estimate of drug-likeness (QED) is 0.166. The van der Waals surface area contributed by atoms with E-state index in [1.807, 2.05) is 11.3 Å². The zero-order chi connectivity index (χ0) is 34.4. The van der Waals surface area contributed by atoms with Crippen molar-refractivity contribution < 1.29 is 0 Å². The lowest BCUT2D eigenvalue weighted by Crippen LogP contribution is -2.10. The van der Waals surface area contributed by atoms with Crippen molar-refractivity contribution in [2.75, 3.05) is 9.80 Å². The highest BCUT2D eigenvalue weighted by molar-refractivity contribution is 7.25. The Morgan fingerprint density at radius 2 is 0.808 bits per heavy atom. The number of hydrogen-bond donors (Lipinski definition) is 0. The van der Waals surface area contributed by atoms with Gasteiger partial charge < -0.3 is 14.4 Å². The van der Waals surface area contributed by atoms with Crippen LogP contribution in [0.25, 0.3) is 47.7 Å². The first kappa shape index (κ1) is 30.2. The average molecular weight is 684 g/mol. The van der Waals surface area contributed by atoms with Gasteiger partial charge in [-0.05, 0) is 97.1 Å². The van der Waals surface area contributed by atoms with Crippen LogP contribution in [-0.2, 0) is 0 Å². The number of rotatable bonds is 7. The molecule has 0 saturated heterocycles. The zero-order valence-corrected chi connectivity index (χ0v) is 29.1. The highest BCUT2D eigenvalue weighted by atomic mass is 32.1. The summed E-state index contributed by atoms with van der Waals surface area (Å²) < 4.78 is 5.08. The Hall–Kier alpha value is -6.62. The van der Waals surface area contributed by atoms with Crippen molar-refractivity contribution in [3.8, 4) is 5.69 Å². The Morgan fingerprint density at radius 3 is 1.40 bits per heavy atom. The SMILES string of the molecule is c1ccc(N(c2ccccc2)c2cccc(-n3c4cc(N(c5ccccc5)c5ccccc5)ccc4c4cc5sc6ccccc6c5cc43)c2)cc1. The van der Waals surface area contributed by atoms with Crippen LogP contribution in [0, 0.1) is 0 Å². The van der Waals surface area contributed by atoms with Gasteiger partial charge in [0.05, 0.1) is 11.0 Å². The minimum Gasteiger partial charge on any atom is -0.310 e. The van der Waals surface area contributed by atoms with Crippen molar-refractivity contribution in [3.63, 3.8) is 0 Å². The molecule has 52 heavy (non-hydrogen) atoms. The lowest BCUT2D eigenvalue weighted by Gasteiger charge is -2.26. The fourth-order valence-electron chi connectivity index (χ4n) is 7.61. The maximum atomic E-state index is 2.46. The third-order valence-corrected chi connectivity index (χ3v) is 11.0. The monoisotopic (exact) mass is 683 g/mol. The van der Waals surface area contributed by atoms with E-state index in [0.29, 0.717) is 0 Å². The van der Waals surface area contributed by atoms with Crippen LogP contribution in [-0.4, -0.2) is 4.57 Å². The smallest absolute Gasteiger partial charge is 0.0561 e. The summed E-state index contributed by atoms with van der Waals surface area (Å²) in [7, 11) is 0. The van der Waals surface area contributed by atoms with Crippen molar-refractivity contribution in [1.29, 1.82) is 0 Å². The van der Waals surface area contributed by atoms with Gasteiger partial charge >= 0.3 is 0 Å². The van der Waals surface area contributed by atoms with E-state index in [1.165, 1.54) is 36.5 Å². The Balaban J connectivity index is 1.25. The van der Waals surface area contributed by atoms with E-state index < -0.39 is 0 Å². The number of nitrogens with zero attached hydrogens (tertiary/aromatic N) is 3. The summed E-state index contributed by atoms with van der Waals surface area (Å²) in [6, 6.07) is 72.0. The summed E-state index contributed by atoms with van der Waals surface area (Å²) in [5, 5.41) is 5.07. The van der Waals surface area contributed by atoms with Crippen LogP contribution in [0.15, 0.2) is 200 Å². The third-order valence-electron chi connectivity index (χ3n) is 9.91. The topological polar surface area (TPSA) is 11.4 Å². The number of anilines is 6. The van der Waals surface area contributed by atoms with Crippen LogP contribution in [0.2, 0.25) is 0 Å². The maximum Gasteiger partial charge on any atom is 0.0561 e. The summed E-state index contributed by atoms with van der Waals surface area (Å²) in [5.41, 5.74) is 10.1. The van der Waals surface area contributed by atoms with Crippen molar-refractivity contribution in [1.82, 2.24) is 4.57 Å². The number of thiophene rings is 1. The molecule has 3 nitrogen and oxygen atoms in total. The highest BCUT2D eigenvalue weighted by Gasteiger charge is 2.20. The fourth-order valence-corrected chi connectivity index (χ4v) is 8.74. The number of benzene rings is 8. The van der Waals surface area contributed by atoms with Crippen LogP contribution in [0.4, 0.5) is 34.1 Å². The molecule has 0 fully saturated rings. The molecule has 0 aliphatic heterocycles. The number of para-hydroxylation sites is 4. The van der Waals surface area contributed by atoms with E-state index in [-0.39, 0.29) is 0 Å². The predicted octanol–water partition coefficient (Wildman–Crippen LogP) is 14.1. The molecule has 0 spiro atoms. The van der Waals surface area contributed by atoms with Gasteiger partial charge in [0.2, 0.25) is 0 Å². The molecule has 246 valence electrons. The molecule has 0 atom stereocenters. The molecule has 10 rings (SSSR count). The molecule has 0 aliphatic carbocycles. The molecule has 0 saturated carbocycles. The Kier molecular flexibility index (Phi) is 7.33. The van der Waals surface area contributed by atoms with Crippen molar-refractivity contribution >= 4 is 87.4 Å². The molecule has 0 amide bonds. The second-order valence-electron chi connectivity index (χ2n) is 13.0. The predicted molar refractivity (Wildman–Crippen MR) is 223 cm³/mol. The van der Waals surface area contributed by atoms with Crippen molar-refractivity contribution in [2.24, 2.45) is 0 Å². The number of fused-ring (bicyclic) bond motifs is 6. The van der Waals surface area contributed by atoms with Gasteiger partial charge in [0, 0.05) is 70.8 Å². The lowest BCUT2D eigenvalue weighted by molar-refractivity contribution is 1.17. The lowest BCUT2D eigenvalue weighted by atomic mass is 10.1. The van der Waals surface area contributed by atoms with Gasteiger partial charge in [-0.15, -0.1) is 11.3 Å². The molecule has 8 aromatic carbocycles. The van der Waals surface area contributed by atoms with E-state index in [0.717, 1.165) is 45.3 Å². The van der Waals surface area contributed by atoms with E-state index in [9.17, 15) is 0 Å². The normalized spacial score (nSPS) is 11.5. The molecule has 0 bridgehead atoms. The van der Waals surface area contributed by atoms with Gasteiger partial charge in [0.15, 0.2) is 0 Å². The van der Waals surface area contributed by atoms with Gasteiger partial charge in [-0.2, -0.15) is 0 Å². The number of hydrogen-bond acceptors (Lipinski definition) is 3. The molecule has 0 aliphatic rings. The van der Waals surface area contributed by atoms with E-state index >= 15 is 0 Å². The van der Waals surface area contributed by atoms with Gasteiger partial charge in [-0.1, -0.05) is 103 Å². The average Bonchev–Trinajstić information content (AvgIpc) is 3.73. The van der Waals surface area contributed by atoms with Crippen molar-refractivity contribution in [2.45, 2.75) is 0 Å². The summed E-state index contributed by atoms with van der Waals surface area (Å²) >= 11 is 1.87. The van der Waals surface area contributed by atoms with Crippen molar-refractivity contribution in [3.05, 3.63) is 200 Å². The fraction of sp³-hybridized carbons (Fsp3) is 0. The van der Waals surface area contributed by atoms with E-state index in [2.05, 4.69) is 215 Å². The van der Waals surface area contributed by atoms with Gasteiger partial charge in [-0.3, -0.25) is 0 Å². The molecule has 4 heteroatoms. The molecule has 0 N–H and O–H groups in total. The van der Waals surface area contributed by atoms with E-state index in [1.54, 1.807) is 0 Å². The maximum absolute atomic E-state index is 2.46. The Labute approximate surface area is 306 Å². The summed E-state index contributed by atoms with van der Waals surface area (Å²) in [6.07, 6.45) is 0. The molecular formula is C48H33N3S. The third kappa shape index (κ3) is 5.12. The molecule has 10 aromatic rings. The first-order chi connectivity index (χ1) is 25.8. The standard InChI is InChI=1S/C48H33N3S/c1-5-16-34(17-6-1)49(35-18-7-2-8-19-35)38-24-15-25-39(30-38)51-45-31-40(50(36-20-9-3-10-21-36)37-22-11-4-12-23-37)28-29-41(45)43-33-48-44(32-46(43)51)42-26-13-14-27-47(42)52-48/h1-33H. The summed E-state index contributed by atoms with van der Waals surface area (Å²) in [6.45, 7) is 0. The summed E-state index contributed by atoms with van der Waals surface area (Å²) in [5.74, 6) is 0. The molecule has 2 heterocycles. The molecule has 0 radical (unpaired) electrons. The second-order valence-corrected chi connectivity index (χ2v) is 14.1. The molecular weight excluding hydrogens is 651 g/mol. The second kappa shape index (κ2) is 12.6. The van der Waals surface area contributed by atoms with Gasteiger partial charge in [-0.25, -0.2) is 0 Å². The molecule has 0 unspecified atom stereocenters. The van der Waals surface area contributed by atoms with Crippen LogP contribution >= 0.6 is 11.3 Å². The van der Waals surface area contributed by atoms with Crippen LogP contribution < -0.4 is 9.80 Å². The minimum atomic E-state index is 1.10. The number of aromatic nitrogens is 1. The van der Waals surface area contributed by atoms with Gasteiger partial charge in [0.25, 0.3) is 0 Å². The van der Waals surface area contributed by atoms with E-state index in [4.69, 9.17) is 0 Å². The first-order valence-electron chi connectivity index (χ1n) is 17.6. The largest absolute Gasteiger partial charge is 0.310 e. The van der Waals surface area contributed by atoms with Gasteiger partial charge in [0.1, 0.15) is 0 Å². The highest BCUT2D eigenvalue weighted by Crippen LogP contribution is 2.44. The Bertz CT molecular complexity index is 2760. The summed E-state index contributed by atoms with van der Waals surface area (Å²) in [4.78, 5) is 4.68. The first-order valence-corrected chi connectivity index (χ1v) is 18.4. The van der Waals surface area contributed by atoms with Crippen LogP contribution in [0.5, 0.6) is 0 Å². The van der Waals surface area contributed by atoms with Crippen LogP contribution in [0.3, 0.4) is 0 Å². The minimum absolute atomic E-state index is 1.10. The van der Waals surface area contributed by atoms with Crippen LogP contribution in [0.1, 0.15) is 0 Å². The zero-order valence-electron chi connectivity index (χ0n) is 28.3. The molecule has 2 aromatic heterocycles.